The van der Waals surface area contributed by atoms with E-state index in [2.05, 4.69) is 36.1 Å². The van der Waals surface area contributed by atoms with Crippen LogP contribution in [-0.2, 0) is 13.1 Å². The molecule has 23 heavy (non-hydrogen) atoms. The van der Waals surface area contributed by atoms with Crippen molar-refractivity contribution in [1.82, 2.24) is 4.90 Å². The molecule has 0 atom stereocenters. The fraction of sp³-hybridized carbons (Fsp3) is 0.211. The molecule has 0 spiro atoms. The predicted molar refractivity (Wildman–Crippen MR) is 90.5 cm³/mol. The molecule has 1 N–H and O–H groups in total. The van der Waals surface area contributed by atoms with Crippen LogP contribution < -0.4 is 5.63 Å². The summed E-state index contributed by atoms with van der Waals surface area (Å²) in [4.78, 5) is 13.9. The second-order valence-electron chi connectivity index (χ2n) is 5.93. The number of aryl methyl sites for hydroxylation is 1. The monoisotopic (exact) mass is 309 g/mol. The Bertz CT molecular complexity index is 881. The Morgan fingerprint density at radius 2 is 1.78 bits per heavy atom. The molecule has 1 aromatic heterocycles. The maximum atomic E-state index is 11.7. The minimum absolute atomic E-state index is 0.0887. The molecule has 1 heterocycles. The van der Waals surface area contributed by atoms with Crippen molar-refractivity contribution in [3.05, 3.63) is 75.6 Å². The van der Waals surface area contributed by atoms with Gasteiger partial charge in [0.1, 0.15) is 11.3 Å². The van der Waals surface area contributed by atoms with Crippen LogP contribution in [0.15, 0.2) is 57.7 Å². The molecule has 0 unspecified atom stereocenters. The molecule has 0 radical (unpaired) electrons. The molecular weight excluding hydrogens is 290 g/mol. The summed E-state index contributed by atoms with van der Waals surface area (Å²) in [6.07, 6.45) is 0. The van der Waals surface area contributed by atoms with Gasteiger partial charge in [-0.3, -0.25) is 4.90 Å². The van der Waals surface area contributed by atoms with Crippen molar-refractivity contribution in [3.63, 3.8) is 0 Å². The summed E-state index contributed by atoms with van der Waals surface area (Å²) in [5.41, 5.74) is 3.37. The van der Waals surface area contributed by atoms with E-state index in [0.29, 0.717) is 12.1 Å². The van der Waals surface area contributed by atoms with Gasteiger partial charge in [0.2, 0.25) is 0 Å². The normalized spacial score (nSPS) is 11.3. The third-order valence-corrected chi connectivity index (χ3v) is 3.83. The third-order valence-electron chi connectivity index (χ3n) is 3.83. The van der Waals surface area contributed by atoms with Crippen LogP contribution in [0.25, 0.3) is 11.0 Å². The van der Waals surface area contributed by atoms with Crippen molar-refractivity contribution < 1.29 is 9.52 Å². The van der Waals surface area contributed by atoms with Gasteiger partial charge in [0.15, 0.2) is 0 Å². The smallest absolute Gasteiger partial charge is 0.336 e. The molecular formula is C19H19NO3. The van der Waals surface area contributed by atoms with Gasteiger partial charge in [0.05, 0.1) is 0 Å². The maximum absolute atomic E-state index is 11.7. The summed E-state index contributed by atoms with van der Waals surface area (Å²) in [5, 5.41) is 10.4. The Hall–Kier alpha value is -2.59. The van der Waals surface area contributed by atoms with Gasteiger partial charge in [0.25, 0.3) is 0 Å². The quantitative estimate of drug-likeness (QED) is 0.750. The number of hydrogen-bond acceptors (Lipinski definition) is 4. The third kappa shape index (κ3) is 3.60. The average Bonchev–Trinajstić information content (AvgIpc) is 2.49. The number of benzene rings is 2. The Balaban J connectivity index is 1.85. The number of phenolic OH excluding ortho intramolecular Hbond substituents is 1. The second kappa shape index (κ2) is 6.26. The van der Waals surface area contributed by atoms with Gasteiger partial charge in [-0.15, -0.1) is 0 Å². The first kappa shape index (κ1) is 15.3. The van der Waals surface area contributed by atoms with Crippen molar-refractivity contribution in [2.75, 3.05) is 7.05 Å². The lowest BCUT2D eigenvalue weighted by molar-refractivity contribution is 0.319. The number of aromatic hydroxyl groups is 1. The van der Waals surface area contributed by atoms with Crippen LogP contribution in [0.1, 0.15) is 16.7 Å². The maximum Gasteiger partial charge on any atom is 0.336 e. The first-order valence-electron chi connectivity index (χ1n) is 7.51. The van der Waals surface area contributed by atoms with E-state index in [1.54, 1.807) is 12.1 Å². The Labute approximate surface area is 134 Å². The van der Waals surface area contributed by atoms with Gasteiger partial charge >= 0.3 is 5.63 Å². The Morgan fingerprint density at radius 1 is 1.04 bits per heavy atom. The molecule has 4 nitrogen and oxygen atoms in total. The van der Waals surface area contributed by atoms with E-state index in [0.717, 1.165) is 17.5 Å². The summed E-state index contributed by atoms with van der Waals surface area (Å²) in [6, 6.07) is 14.8. The lowest BCUT2D eigenvalue weighted by Crippen LogP contribution is -2.18. The van der Waals surface area contributed by atoms with E-state index in [1.165, 1.54) is 23.3 Å². The van der Waals surface area contributed by atoms with Crippen molar-refractivity contribution >= 4 is 11.0 Å². The van der Waals surface area contributed by atoms with E-state index in [-0.39, 0.29) is 5.75 Å². The van der Waals surface area contributed by atoms with Gasteiger partial charge in [-0.05, 0) is 37.2 Å². The zero-order valence-electron chi connectivity index (χ0n) is 13.2. The van der Waals surface area contributed by atoms with E-state index in [4.69, 9.17) is 4.42 Å². The highest BCUT2D eigenvalue weighted by Gasteiger charge is 2.09. The lowest BCUT2D eigenvalue weighted by atomic mass is 10.1. The SMILES string of the molecule is Cc1ccc(CN(C)Cc2cc(=O)oc3cc(O)ccc23)cc1. The topological polar surface area (TPSA) is 53.7 Å². The lowest BCUT2D eigenvalue weighted by Gasteiger charge is -2.17. The number of phenols is 1. The van der Waals surface area contributed by atoms with Gasteiger partial charge in [0, 0.05) is 30.6 Å². The molecule has 0 saturated carbocycles. The van der Waals surface area contributed by atoms with Gasteiger partial charge in [-0.25, -0.2) is 4.79 Å². The fourth-order valence-corrected chi connectivity index (χ4v) is 2.70. The van der Waals surface area contributed by atoms with Crippen LogP contribution in [0.2, 0.25) is 0 Å². The molecule has 0 amide bonds. The standard InChI is InChI=1S/C19H19NO3/c1-13-3-5-14(6-4-13)11-20(2)12-15-9-19(22)23-18-10-16(21)7-8-17(15)18/h3-10,21H,11-12H2,1-2H3. The molecule has 0 saturated heterocycles. The minimum Gasteiger partial charge on any atom is -0.508 e. The summed E-state index contributed by atoms with van der Waals surface area (Å²) in [6.45, 7) is 3.49. The molecule has 0 aliphatic carbocycles. The average molecular weight is 309 g/mol. The van der Waals surface area contributed by atoms with Crippen LogP contribution in [0, 0.1) is 6.92 Å². The van der Waals surface area contributed by atoms with Crippen LogP contribution in [0.3, 0.4) is 0 Å². The van der Waals surface area contributed by atoms with Gasteiger partial charge < -0.3 is 9.52 Å². The highest BCUT2D eigenvalue weighted by molar-refractivity contribution is 5.81. The fourth-order valence-electron chi connectivity index (χ4n) is 2.70. The first-order valence-corrected chi connectivity index (χ1v) is 7.51. The highest BCUT2D eigenvalue weighted by Crippen LogP contribution is 2.22. The number of nitrogens with zero attached hydrogens (tertiary/aromatic N) is 1. The number of fused-ring (bicyclic) bond motifs is 1. The van der Waals surface area contributed by atoms with Gasteiger partial charge in [-0.2, -0.15) is 0 Å². The number of hydrogen-bond donors (Lipinski definition) is 1. The van der Waals surface area contributed by atoms with E-state index < -0.39 is 5.63 Å². The molecule has 2 aromatic carbocycles. The van der Waals surface area contributed by atoms with Crippen LogP contribution in [0.5, 0.6) is 5.75 Å². The predicted octanol–water partition coefficient (Wildman–Crippen LogP) is 3.44. The molecule has 4 heteroatoms. The molecule has 0 aliphatic heterocycles. The van der Waals surface area contributed by atoms with Crippen molar-refractivity contribution in [2.45, 2.75) is 20.0 Å². The number of rotatable bonds is 4. The van der Waals surface area contributed by atoms with Crippen molar-refractivity contribution in [3.8, 4) is 5.75 Å². The molecule has 3 rings (SSSR count). The van der Waals surface area contributed by atoms with Crippen molar-refractivity contribution in [1.29, 1.82) is 0 Å². The highest BCUT2D eigenvalue weighted by atomic mass is 16.4. The summed E-state index contributed by atoms with van der Waals surface area (Å²) < 4.78 is 5.16. The summed E-state index contributed by atoms with van der Waals surface area (Å²) in [7, 11) is 2.01. The van der Waals surface area contributed by atoms with Crippen molar-refractivity contribution in [2.24, 2.45) is 0 Å². The van der Waals surface area contributed by atoms with E-state index in [9.17, 15) is 9.90 Å². The minimum atomic E-state index is -0.401. The molecule has 0 bridgehead atoms. The van der Waals surface area contributed by atoms with Crippen LogP contribution >= 0.6 is 0 Å². The summed E-state index contributed by atoms with van der Waals surface area (Å²) >= 11 is 0. The molecule has 118 valence electrons. The zero-order valence-corrected chi connectivity index (χ0v) is 13.2. The Morgan fingerprint density at radius 3 is 2.52 bits per heavy atom. The van der Waals surface area contributed by atoms with Gasteiger partial charge in [-0.1, -0.05) is 29.8 Å². The largest absolute Gasteiger partial charge is 0.508 e. The zero-order chi connectivity index (χ0) is 16.4. The van der Waals surface area contributed by atoms with E-state index >= 15 is 0 Å². The second-order valence-corrected chi connectivity index (χ2v) is 5.93. The molecule has 0 aliphatic rings. The van der Waals surface area contributed by atoms with Crippen LogP contribution in [0.4, 0.5) is 0 Å². The van der Waals surface area contributed by atoms with Crippen LogP contribution in [-0.4, -0.2) is 17.1 Å². The molecule has 0 fully saturated rings. The first-order chi connectivity index (χ1) is 11.0. The molecule has 3 aromatic rings. The Kier molecular flexibility index (Phi) is 4.17. The van der Waals surface area contributed by atoms with E-state index in [1.807, 2.05) is 7.05 Å². The summed E-state index contributed by atoms with van der Waals surface area (Å²) in [5.74, 6) is 0.0887.